The highest BCUT2D eigenvalue weighted by atomic mass is 16.1. The lowest BCUT2D eigenvalue weighted by molar-refractivity contribution is 0.112. The van der Waals surface area contributed by atoms with Gasteiger partial charge in [-0.05, 0) is 5.56 Å². The largest absolute Gasteiger partial charge is 0.298 e. The standard InChI is InChI=1S/C9H8O/c1-2-8-3-5-9(7-10)6-4-8/h2-7H,1H2/i1D2,2D. The first-order valence-corrected chi connectivity index (χ1v) is 2.85. The third-order valence-corrected chi connectivity index (χ3v) is 1.19. The molecule has 0 N–H and O–H groups in total. The smallest absolute Gasteiger partial charge is 0.150 e. The van der Waals surface area contributed by atoms with Crippen LogP contribution < -0.4 is 0 Å². The molecule has 1 heteroatoms. The SMILES string of the molecule is [2H]C([2H])=C([2H])c1ccc(C=O)cc1. The van der Waals surface area contributed by atoms with Crippen LogP contribution in [-0.4, -0.2) is 6.29 Å². The van der Waals surface area contributed by atoms with Crippen molar-refractivity contribution in [2.75, 3.05) is 0 Å². The minimum absolute atomic E-state index is 0.141. The summed E-state index contributed by atoms with van der Waals surface area (Å²) in [5, 5.41) is 0. The molecule has 0 unspecified atom stereocenters. The summed E-state index contributed by atoms with van der Waals surface area (Å²) in [6, 6.07) is 6.07. The van der Waals surface area contributed by atoms with Crippen molar-refractivity contribution in [2.45, 2.75) is 0 Å². The second kappa shape index (κ2) is 2.97. The summed E-state index contributed by atoms with van der Waals surface area (Å²) in [6.45, 7) is -0.529. The molecule has 0 saturated heterocycles. The molecular formula is C9H8O. The van der Waals surface area contributed by atoms with Crippen LogP contribution in [0.2, 0.25) is 0 Å². The summed E-state index contributed by atoms with van der Waals surface area (Å²) in [4.78, 5) is 10.3. The maximum atomic E-state index is 10.3. The van der Waals surface area contributed by atoms with Gasteiger partial charge in [0.15, 0.2) is 0 Å². The molecule has 50 valence electrons. The summed E-state index contributed by atoms with van der Waals surface area (Å²) in [7, 11) is 0. The van der Waals surface area contributed by atoms with E-state index in [-0.39, 0.29) is 6.05 Å². The van der Waals surface area contributed by atoms with Gasteiger partial charge in [-0.1, -0.05) is 36.8 Å². The average molecular weight is 135 g/mol. The van der Waals surface area contributed by atoms with Gasteiger partial charge in [0.2, 0.25) is 0 Å². The molecule has 1 rings (SSSR count). The van der Waals surface area contributed by atoms with E-state index in [2.05, 4.69) is 0 Å². The first kappa shape index (κ1) is 3.71. The zero-order valence-corrected chi connectivity index (χ0v) is 5.29. The summed E-state index contributed by atoms with van der Waals surface area (Å²) in [5.41, 5.74) is 0.999. The Bertz CT molecular complexity index is 336. The number of carbonyl (C=O) groups excluding carboxylic acids is 1. The quantitative estimate of drug-likeness (QED) is 0.568. The van der Waals surface area contributed by atoms with Crippen molar-refractivity contribution in [1.82, 2.24) is 0 Å². The third kappa shape index (κ3) is 1.32. The molecule has 0 aromatic heterocycles. The molecule has 0 radical (unpaired) electrons. The van der Waals surface area contributed by atoms with Gasteiger partial charge in [-0.2, -0.15) is 0 Å². The number of hydrogen-bond donors (Lipinski definition) is 0. The molecule has 0 bridgehead atoms. The maximum absolute atomic E-state index is 10.3. The van der Waals surface area contributed by atoms with E-state index < -0.39 is 6.53 Å². The van der Waals surface area contributed by atoms with Crippen molar-refractivity contribution < 1.29 is 8.91 Å². The highest BCUT2D eigenvalue weighted by Gasteiger charge is 1.86. The fourth-order valence-corrected chi connectivity index (χ4v) is 0.645. The Hall–Kier alpha value is -1.37. The van der Waals surface area contributed by atoms with Crippen molar-refractivity contribution in [3.63, 3.8) is 0 Å². The van der Waals surface area contributed by atoms with Crippen molar-refractivity contribution in [1.29, 1.82) is 0 Å². The van der Waals surface area contributed by atoms with Gasteiger partial charge in [-0.25, -0.2) is 0 Å². The predicted octanol–water partition coefficient (Wildman–Crippen LogP) is 2.14. The zero-order valence-electron chi connectivity index (χ0n) is 8.29. The van der Waals surface area contributed by atoms with Crippen molar-refractivity contribution in [2.24, 2.45) is 0 Å². The van der Waals surface area contributed by atoms with Gasteiger partial charge < -0.3 is 0 Å². The Balaban J connectivity index is 3.06. The van der Waals surface area contributed by atoms with Crippen LogP contribution in [0.25, 0.3) is 6.05 Å². The van der Waals surface area contributed by atoms with Gasteiger partial charge in [0.1, 0.15) is 6.29 Å². The summed E-state index contributed by atoms with van der Waals surface area (Å²) >= 11 is 0. The lowest BCUT2D eigenvalue weighted by Gasteiger charge is -1.90. The van der Waals surface area contributed by atoms with E-state index in [1.165, 1.54) is 0 Å². The first-order valence-electron chi connectivity index (χ1n) is 4.35. The fraction of sp³-hybridized carbons (Fsp3) is 0. The number of aldehydes is 1. The van der Waals surface area contributed by atoms with Crippen LogP contribution in [0.15, 0.2) is 30.8 Å². The molecule has 0 saturated carbocycles. The van der Waals surface area contributed by atoms with Gasteiger partial charge in [-0.3, -0.25) is 4.79 Å². The van der Waals surface area contributed by atoms with E-state index in [9.17, 15) is 4.79 Å². The van der Waals surface area contributed by atoms with Crippen molar-refractivity contribution in [3.05, 3.63) is 41.9 Å². The monoisotopic (exact) mass is 135 g/mol. The number of rotatable bonds is 2. The number of carbonyl (C=O) groups is 1. The minimum Gasteiger partial charge on any atom is -0.298 e. The van der Waals surface area contributed by atoms with Gasteiger partial charge in [0.25, 0.3) is 0 Å². The van der Waals surface area contributed by atoms with Crippen molar-refractivity contribution >= 4 is 12.3 Å². The van der Waals surface area contributed by atoms with E-state index in [0.717, 1.165) is 0 Å². The summed E-state index contributed by atoms with van der Waals surface area (Å²) in [6.07, 6.45) is 0.708. The van der Waals surface area contributed by atoms with Crippen LogP contribution in [-0.2, 0) is 0 Å². The topological polar surface area (TPSA) is 17.1 Å². The van der Waals surface area contributed by atoms with Crippen LogP contribution in [0.4, 0.5) is 0 Å². The van der Waals surface area contributed by atoms with Gasteiger partial charge in [0, 0.05) is 5.56 Å². The van der Waals surface area contributed by atoms with E-state index in [0.29, 0.717) is 17.4 Å². The van der Waals surface area contributed by atoms with Crippen LogP contribution >= 0.6 is 0 Å². The average Bonchev–Trinajstić information content (AvgIpc) is 2.17. The molecule has 0 aliphatic rings. The molecule has 0 amide bonds. The highest BCUT2D eigenvalue weighted by Crippen LogP contribution is 2.02. The van der Waals surface area contributed by atoms with Crippen molar-refractivity contribution in [3.8, 4) is 0 Å². The zero-order chi connectivity index (χ0) is 9.84. The van der Waals surface area contributed by atoms with E-state index in [1.54, 1.807) is 24.3 Å². The molecule has 0 aliphatic carbocycles. The van der Waals surface area contributed by atoms with Crippen LogP contribution in [0.1, 0.15) is 20.0 Å². The molecule has 1 nitrogen and oxygen atoms in total. The Morgan fingerprint density at radius 3 is 2.50 bits per heavy atom. The maximum Gasteiger partial charge on any atom is 0.150 e. The lowest BCUT2D eigenvalue weighted by Crippen LogP contribution is -1.77. The Kier molecular flexibility index (Phi) is 1.10. The Morgan fingerprint density at radius 1 is 1.40 bits per heavy atom. The second-order valence-electron chi connectivity index (χ2n) is 1.86. The normalized spacial score (nSPS) is 12.6. The predicted molar refractivity (Wildman–Crippen MR) is 41.9 cm³/mol. The Morgan fingerprint density at radius 2 is 2.00 bits per heavy atom. The van der Waals surface area contributed by atoms with Crippen LogP contribution in [0.5, 0.6) is 0 Å². The summed E-state index contributed by atoms with van der Waals surface area (Å²) in [5.74, 6) is 0. The fourth-order valence-electron chi connectivity index (χ4n) is 0.645. The molecule has 0 atom stereocenters. The Labute approximate surface area is 64.2 Å². The first-order chi connectivity index (χ1) is 6.15. The van der Waals surface area contributed by atoms with Crippen LogP contribution in [0.3, 0.4) is 0 Å². The van der Waals surface area contributed by atoms with E-state index in [4.69, 9.17) is 4.11 Å². The highest BCUT2D eigenvalue weighted by molar-refractivity contribution is 5.75. The van der Waals surface area contributed by atoms with E-state index in [1.807, 2.05) is 0 Å². The second-order valence-corrected chi connectivity index (χ2v) is 1.86. The van der Waals surface area contributed by atoms with Gasteiger partial charge in [-0.15, -0.1) is 0 Å². The molecule has 1 aromatic rings. The number of benzene rings is 1. The molecule has 10 heavy (non-hydrogen) atoms. The van der Waals surface area contributed by atoms with Crippen LogP contribution in [0, 0.1) is 0 Å². The molecule has 0 fully saturated rings. The molecular weight excluding hydrogens is 124 g/mol. The molecule has 0 aliphatic heterocycles. The number of hydrogen-bond acceptors (Lipinski definition) is 1. The minimum atomic E-state index is -0.529. The molecule has 1 aromatic carbocycles. The molecule has 0 heterocycles. The van der Waals surface area contributed by atoms with Gasteiger partial charge >= 0.3 is 0 Å². The lowest BCUT2D eigenvalue weighted by atomic mass is 10.1. The summed E-state index contributed by atoms with van der Waals surface area (Å²) < 4.78 is 21.1. The van der Waals surface area contributed by atoms with Gasteiger partial charge in [0.05, 0.1) is 4.11 Å². The molecule has 0 spiro atoms. The third-order valence-electron chi connectivity index (χ3n) is 1.19. The van der Waals surface area contributed by atoms with E-state index >= 15 is 0 Å².